The van der Waals surface area contributed by atoms with E-state index in [1.54, 1.807) is 18.2 Å². The van der Waals surface area contributed by atoms with Crippen LogP contribution in [0.1, 0.15) is 16.5 Å². The highest BCUT2D eigenvalue weighted by Crippen LogP contribution is 2.33. The lowest BCUT2D eigenvalue weighted by molar-refractivity contribution is 0.223. The van der Waals surface area contributed by atoms with Crippen molar-refractivity contribution in [2.45, 2.75) is 6.10 Å². The molecule has 0 aliphatic carbocycles. The molecular formula is C13H9FO2S. The molecule has 1 unspecified atom stereocenters. The standard InChI is InChI=1S/C13H9FO2S/c14-10-1-2-11-9(5-10)6-12(17-11)13(15)8-3-4-16-7-8/h1-7,13,15H. The Hall–Kier alpha value is -1.65. The molecule has 2 aromatic heterocycles. The Morgan fingerprint density at radius 2 is 2.12 bits per heavy atom. The Kier molecular flexibility index (Phi) is 2.46. The summed E-state index contributed by atoms with van der Waals surface area (Å²) in [7, 11) is 0. The van der Waals surface area contributed by atoms with Crippen molar-refractivity contribution in [3.8, 4) is 0 Å². The van der Waals surface area contributed by atoms with Crippen molar-refractivity contribution in [1.82, 2.24) is 0 Å². The molecule has 2 heterocycles. The predicted molar refractivity (Wildman–Crippen MR) is 64.6 cm³/mol. The molecule has 0 saturated heterocycles. The van der Waals surface area contributed by atoms with Crippen molar-refractivity contribution in [3.63, 3.8) is 0 Å². The number of fused-ring (bicyclic) bond motifs is 1. The van der Waals surface area contributed by atoms with E-state index >= 15 is 0 Å². The van der Waals surface area contributed by atoms with Gasteiger partial charge in [0.15, 0.2) is 0 Å². The second-order valence-corrected chi connectivity index (χ2v) is 4.91. The average Bonchev–Trinajstić information content (AvgIpc) is 2.96. The van der Waals surface area contributed by atoms with Crippen LogP contribution in [0.15, 0.2) is 47.3 Å². The van der Waals surface area contributed by atoms with Crippen LogP contribution in [0.4, 0.5) is 4.39 Å². The second-order valence-electron chi connectivity index (χ2n) is 3.79. The topological polar surface area (TPSA) is 33.4 Å². The fraction of sp³-hybridized carbons (Fsp3) is 0.0769. The van der Waals surface area contributed by atoms with Crippen LogP contribution in [-0.4, -0.2) is 5.11 Å². The van der Waals surface area contributed by atoms with E-state index in [0.29, 0.717) is 5.56 Å². The van der Waals surface area contributed by atoms with E-state index in [9.17, 15) is 9.50 Å². The average molecular weight is 248 g/mol. The van der Waals surface area contributed by atoms with Gasteiger partial charge in [0.25, 0.3) is 0 Å². The van der Waals surface area contributed by atoms with Gasteiger partial charge in [-0.2, -0.15) is 0 Å². The summed E-state index contributed by atoms with van der Waals surface area (Å²) in [5.41, 5.74) is 0.706. The maximum absolute atomic E-state index is 13.0. The van der Waals surface area contributed by atoms with Gasteiger partial charge in [-0.3, -0.25) is 0 Å². The van der Waals surface area contributed by atoms with Gasteiger partial charge in [0.1, 0.15) is 11.9 Å². The van der Waals surface area contributed by atoms with Gasteiger partial charge >= 0.3 is 0 Å². The quantitative estimate of drug-likeness (QED) is 0.750. The molecule has 0 saturated carbocycles. The number of aliphatic hydroxyl groups is 1. The largest absolute Gasteiger partial charge is 0.472 e. The first-order chi connectivity index (χ1) is 8.24. The first-order valence-corrected chi connectivity index (χ1v) is 5.95. The molecule has 0 aliphatic rings. The van der Waals surface area contributed by atoms with Gasteiger partial charge in [0.05, 0.1) is 12.5 Å². The molecule has 3 aromatic rings. The number of hydrogen-bond donors (Lipinski definition) is 1. The molecule has 0 bridgehead atoms. The molecule has 0 amide bonds. The van der Waals surface area contributed by atoms with Crippen molar-refractivity contribution < 1.29 is 13.9 Å². The Labute approximate surface area is 101 Å². The van der Waals surface area contributed by atoms with E-state index in [1.807, 2.05) is 0 Å². The summed E-state index contributed by atoms with van der Waals surface area (Å²) in [6.45, 7) is 0. The summed E-state index contributed by atoms with van der Waals surface area (Å²) in [4.78, 5) is 0.784. The zero-order valence-electron chi connectivity index (χ0n) is 8.76. The maximum atomic E-state index is 13.0. The van der Waals surface area contributed by atoms with Gasteiger partial charge in [-0.05, 0) is 35.7 Å². The summed E-state index contributed by atoms with van der Waals surface area (Å²) in [6, 6.07) is 8.14. The summed E-state index contributed by atoms with van der Waals surface area (Å²) >= 11 is 1.45. The number of furan rings is 1. The van der Waals surface area contributed by atoms with Crippen LogP contribution in [-0.2, 0) is 0 Å². The van der Waals surface area contributed by atoms with Crippen molar-refractivity contribution in [3.05, 3.63) is 59.1 Å². The van der Waals surface area contributed by atoms with Gasteiger partial charge in [0.2, 0.25) is 0 Å². The molecule has 2 nitrogen and oxygen atoms in total. The summed E-state index contributed by atoms with van der Waals surface area (Å²) in [5, 5.41) is 10.9. The van der Waals surface area contributed by atoms with E-state index in [1.165, 1.54) is 36.0 Å². The van der Waals surface area contributed by atoms with E-state index in [2.05, 4.69) is 0 Å². The molecule has 17 heavy (non-hydrogen) atoms. The minimum absolute atomic E-state index is 0.264. The molecule has 4 heteroatoms. The molecule has 1 atom stereocenters. The normalized spacial score (nSPS) is 13.1. The molecule has 0 spiro atoms. The van der Waals surface area contributed by atoms with Crippen molar-refractivity contribution in [2.75, 3.05) is 0 Å². The number of halogens is 1. The number of aliphatic hydroxyl groups excluding tert-OH is 1. The fourth-order valence-electron chi connectivity index (χ4n) is 1.76. The Balaban J connectivity index is 2.06. The molecule has 3 rings (SSSR count). The van der Waals surface area contributed by atoms with E-state index in [0.717, 1.165) is 15.0 Å². The highest BCUT2D eigenvalue weighted by molar-refractivity contribution is 7.19. The van der Waals surface area contributed by atoms with Crippen LogP contribution in [0.5, 0.6) is 0 Å². The summed E-state index contributed by atoms with van der Waals surface area (Å²) < 4.78 is 18.9. The lowest BCUT2D eigenvalue weighted by atomic mass is 10.1. The number of thiophene rings is 1. The molecule has 0 aliphatic heterocycles. The van der Waals surface area contributed by atoms with E-state index in [4.69, 9.17) is 4.42 Å². The van der Waals surface area contributed by atoms with Gasteiger partial charge in [-0.15, -0.1) is 11.3 Å². The van der Waals surface area contributed by atoms with Crippen molar-refractivity contribution >= 4 is 21.4 Å². The van der Waals surface area contributed by atoms with Crippen LogP contribution in [0, 0.1) is 5.82 Å². The highest BCUT2D eigenvalue weighted by Gasteiger charge is 2.14. The van der Waals surface area contributed by atoms with Gasteiger partial charge in [-0.1, -0.05) is 0 Å². The maximum Gasteiger partial charge on any atom is 0.123 e. The van der Waals surface area contributed by atoms with Crippen molar-refractivity contribution in [2.24, 2.45) is 0 Å². The number of hydrogen-bond acceptors (Lipinski definition) is 3. The van der Waals surface area contributed by atoms with Crippen LogP contribution in [0.2, 0.25) is 0 Å². The minimum Gasteiger partial charge on any atom is -0.472 e. The Morgan fingerprint density at radius 1 is 1.24 bits per heavy atom. The zero-order chi connectivity index (χ0) is 11.8. The van der Waals surface area contributed by atoms with Crippen LogP contribution < -0.4 is 0 Å². The third-order valence-corrected chi connectivity index (χ3v) is 3.79. The molecule has 1 N–H and O–H groups in total. The highest BCUT2D eigenvalue weighted by atomic mass is 32.1. The third kappa shape index (κ3) is 1.85. The van der Waals surface area contributed by atoms with E-state index < -0.39 is 6.10 Å². The van der Waals surface area contributed by atoms with Crippen LogP contribution >= 0.6 is 11.3 Å². The summed E-state index contributed by atoms with van der Waals surface area (Å²) in [6.07, 6.45) is 2.32. The van der Waals surface area contributed by atoms with Gasteiger partial charge in [0, 0.05) is 15.1 Å². The lowest BCUT2D eigenvalue weighted by Gasteiger charge is -2.03. The fourth-order valence-corrected chi connectivity index (χ4v) is 2.82. The summed E-state index contributed by atoms with van der Waals surface area (Å²) in [5.74, 6) is -0.264. The molecule has 86 valence electrons. The lowest BCUT2D eigenvalue weighted by Crippen LogP contribution is -1.93. The van der Waals surface area contributed by atoms with Crippen molar-refractivity contribution in [1.29, 1.82) is 0 Å². The van der Waals surface area contributed by atoms with Gasteiger partial charge in [-0.25, -0.2) is 4.39 Å². The predicted octanol–water partition coefficient (Wildman–Crippen LogP) is 3.72. The van der Waals surface area contributed by atoms with E-state index in [-0.39, 0.29) is 5.82 Å². The molecular weight excluding hydrogens is 239 g/mol. The molecule has 0 fully saturated rings. The number of benzene rings is 1. The smallest absolute Gasteiger partial charge is 0.123 e. The van der Waals surface area contributed by atoms with Gasteiger partial charge < -0.3 is 9.52 Å². The SMILES string of the molecule is OC(c1ccoc1)c1cc2cc(F)ccc2s1. The Morgan fingerprint density at radius 3 is 2.88 bits per heavy atom. The zero-order valence-corrected chi connectivity index (χ0v) is 9.58. The number of rotatable bonds is 2. The minimum atomic E-state index is -0.714. The first-order valence-electron chi connectivity index (χ1n) is 5.13. The third-order valence-electron chi connectivity index (χ3n) is 2.63. The molecule has 0 radical (unpaired) electrons. The second kappa shape index (κ2) is 3.98. The molecule has 1 aromatic carbocycles. The first kappa shape index (κ1) is 10.5. The Bertz CT molecular complexity index is 643. The van der Waals surface area contributed by atoms with Crippen LogP contribution in [0.25, 0.3) is 10.1 Å². The monoisotopic (exact) mass is 248 g/mol. The van der Waals surface area contributed by atoms with Crippen LogP contribution in [0.3, 0.4) is 0 Å².